The third-order valence-corrected chi connectivity index (χ3v) is 5.26. The SMILES string of the molecule is Cc1ccc(OCC(=O)N2CCCC(CN(C(=O)OC(C)(C)C)C(C)C)C2)c(C)c1. The smallest absolute Gasteiger partial charge is 0.410 e. The van der Waals surface area contributed by atoms with E-state index in [-0.39, 0.29) is 30.6 Å². The van der Waals surface area contributed by atoms with Gasteiger partial charge < -0.3 is 19.3 Å². The maximum Gasteiger partial charge on any atom is 0.410 e. The number of carbonyl (C=O) groups is 2. The van der Waals surface area contributed by atoms with E-state index in [1.807, 2.05) is 71.6 Å². The molecule has 6 heteroatoms. The summed E-state index contributed by atoms with van der Waals surface area (Å²) in [5.41, 5.74) is 1.68. The van der Waals surface area contributed by atoms with Gasteiger partial charge in [-0.25, -0.2) is 4.79 Å². The molecule has 0 bridgehead atoms. The van der Waals surface area contributed by atoms with Gasteiger partial charge in [0.15, 0.2) is 6.61 Å². The Morgan fingerprint density at radius 3 is 2.53 bits per heavy atom. The molecule has 0 saturated carbocycles. The van der Waals surface area contributed by atoms with Crippen LogP contribution in [0.5, 0.6) is 5.75 Å². The van der Waals surface area contributed by atoms with Crippen LogP contribution in [0.4, 0.5) is 4.79 Å². The van der Waals surface area contributed by atoms with Gasteiger partial charge in [0.2, 0.25) is 0 Å². The summed E-state index contributed by atoms with van der Waals surface area (Å²) in [6.07, 6.45) is 1.63. The summed E-state index contributed by atoms with van der Waals surface area (Å²) >= 11 is 0. The fourth-order valence-corrected chi connectivity index (χ4v) is 3.73. The van der Waals surface area contributed by atoms with Crippen molar-refractivity contribution in [2.24, 2.45) is 5.92 Å². The summed E-state index contributed by atoms with van der Waals surface area (Å²) in [7, 11) is 0. The van der Waals surface area contributed by atoms with E-state index < -0.39 is 5.60 Å². The first-order valence-corrected chi connectivity index (χ1v) is 10.9. The fourth-order valence-electron chi connectivity index (χ4n) is 3.73. The van der Waals surface area contributed by atoms with Crippen LogP contribution in [0, 0.1) is 19.8 Å². The molecule has 168 valence electrons. The van der Waals surface area contributed by atoms with Crippen LogP contribution >= 0.6 is 0 Å². The zero-order valence-electron chi connectivity index (χ0n) is 19.7. The molecule has 1 unspecified atom stereocenters. The monoisotopic (exact) mass is 418 g/mol. The van der Waals surface area contributed by atoms with Crippen LogP contribution in [0.2, 0.25) is 0 Å². The highest BCUT2D eigenvalue weighted by atomic mass is 16.6. The molecule has 0 spiro atoms. The molecule has 2 amide bonds. The standard InChI is InChI=1S/C24H38N2O4/c1-17(2)26(23(28)30-24(5,6)7)15-20-9-8-12-25(14-20)22(27)16-29-21-11-10-18(3)13-19(21)4/h10-11,13,17,20H,8-9,12,14-16H2,1-7H3. The Bertz CT molecular complexity index is 739. The molecule has 1 aliphatic rings. The number of carbonyl (C=O) groups excluding carboxylic acids is 2. The van der Waals surface area contributed by atoms with Crippen molar-refractivity contribution in [2.45, 2.75) is 73.0 Å². The molecule has 0 N–H and O–H groups in total. The quantitative estimate of drug-likeness (QED) is 0.679. The van der Waals surface area contributed by atoms with E-state index in [1.54, 1.807) is 4.90 Å². The van der Waals surface area contributed by atoms with E-state index in [1.165, 1.54) is 5.56 Å². The number of hydrogen-bond acceptors (Lipinski definition) is 4. The molecule has 0 aromatic heterocycles. The van der Waals surface area contributed by atoms with Gasteiger partial charge in [-0.2, -0.15) is 0 Å². The average Bonchev–Trinajstić information content (AvgIpc) is 2.63. The van der Waals surface area contributed by atoms with Gasteiger partial charge in [0.1, 0.15) is 11.4 Å². The minimum atomic E-state index is -0.524. The van der Waals surface area contributed by atoms with Crippen LogP contribution in [0.1, 0.15) is 58.6 Å². The summed E-state index contributed by atoms with van der Waals surface area (Å²) in [6, 6.07) is 5.99. The summed E-state index contributed by atoms with van der Waals surface area (Å²) in [4.78, 5) is 29.0. The number of hydrogen-bond donors (Lipinski definition) is 0. The van der Waals surface area contributed by atoms with Gasteiger partial charge in [-0.15, -0.1) is 0 Å². The van der Waals surface area contributed by atoms with Crippen molar-refractivity contribution in [1.82, 2.24) is 9.80 Å². The first kappa shape index (κ1) is 24.0. The number of piperidine rings is 1. The molecule has 6 nitrogen and oxygen atoms in total. The number of benzene rings is 1. The van der Waals surface area contributed by atoms with Crippen molar-refractivity contribution in [3.8, 4) is 5.75 Å². The first-order chi connectivity index (χ1) is 14.0. The minimum Gasteiger partial charge on any atom is -0.484 e. The molecular formula is C24H38N2O4. The lowest BCUT2D eigenvalue weighted by Crippen LogP contribution is -2.48. The van der Waals surface area contributed by atoms with E-state index in [4.69, 9.17) is 9.47 Å². The molecule has 1 heterocycles. The van der Waals surface area contributed by atoms with Crippen molar-refractivity contribution >= 4 is 12.0 Å². The largest absolute Gasteiger partial charge is 0.484 e. The number of likely N-dealkylation sites (tertiary alicyclic amines) is 1. The fraction of sp³-hybridized carbons (Fsp3) is 0.667. The third kappa shape index (κ3) is 7.22. The maximum absolute atomic E-state index is 12.7. The van der Waals surface area contributed by atoms with Gasteiger partial charge in [0.05, 0.1) is 0 Å². The molecule has 30 heavy (non-hydrogen) atoms. The molecular weight excluding hydrogens is 380 g/mol. The van der Waals surface area contributed by atoms with Crippen molar-refractivity contribution in [3.63, 3.8) is 0 Å². The van der Waals surface area contributed by atoms with Gasteiger partial charge in [-0.05, 0) is 78.9 Å². The molecule has 1 fully saturated rings. The highest BCUT2D eigenvalue weighted by Crippen LogP contribution is 2.22. The minimum absolute atomic E-state index is 0.00644. The molecule has 1 aromatic carbocycles. The third-order valence-electron chi connectivity index (χ3n) is 5.26. The van der Waals surface area contributed by atoms with Gasteiger partial charge >= 0.3 is 6.09 Å². The Morgan fingerprint density at radius 2 is 1.93 bits per heavy atom. The first-order valence-electron chi connectivity index (χ1n) is 10.9. The molecule has 1 aliphatic heterocycles. The zero-order chi connectivity index (χ0) is 22.5. The van der Waals surface area contributed by atoms with Crippen LogP contribution < -0.4 is 4.74 Å². The van der Waals surface area contributed by atoms with E-state index in [9.17, 15) is 9.59 Å². The van der Waals surface area contributed by atoms with Crippen LogP contribution in [0.3, 0.4) is 0 Å². The van der Waals surface area contributed by atoms with E-state index in [0.29, 0.717) is 13.1 Å². The second-order valence-corrected chi connectivity index (χ2v) is 9.63. The van der Waals surface area contributed by atoms with E-state index in [0.717, 1.165) is 30.7 Å². The number of nitrogens with zero attached hydrogens (tertiary/aromatic N) is 2. The van der Waals surface area contributed by atoms with Crippen molar-refractivity contribution < 1.29 is 19.1 Å². The van der Waals surface area contributed by atoms with Crippen LogP contribution in [0.25, 0.3) is 0 Å². The van der Waals surface area contributed by atoms with Crippen molar-refractivity contribution in [1.29, 1.82) is 0 Å². The van der Waals surface area contributed by atoms with Gasteiger partial charge in [-0.1, -0.05) is 17.7 Å². The van der Waals surface area contributed by atoms with Crippen LogP contribution in [-0.2, 0) is 9.53 Å². The normalized spacial score (nSPS) is 17.1. The van der Waals surface area contributed by atoms with Gasteiger partial charge in [-0.3, -0.25) is 4.79 Å². The van der Waals surface area contributed by atoms with E-state index >= 15 is 0 Å². The van der Waals surface area contributed by atoms with Gasteiger partial charge in [0, 0.05) is 25.7 Å². The molecule has 0 radical (unpaired) electrons. The second kappa shape index (κ2) is 10.2. The number of amides is 2. The average molecular weight is 419 g/mol. The lowest BCUT2D eigenvalue weighted by Gasteiger charge is -2.37. The number of ether oxygens (including phenoxy) is 2. The molecule has 1 saturated heterocycles. The van der Waals surface area contributed by atoms with Crippen LogP contribution in [0.15, 0.2) is 18.2 Å². The lowest BCUT2D eigenvalue weighted by atomic mass is 9.97. The number of aryl methyl sites for hydroxylation is 2. The summed E-state index contributed by atoms with van der Waals surface area (Å²) in [5.74, 6) is 0.977. The predicted molar refractivity (Wildman–Crippen MR) is 119 cm³/mol. The maximum atomic E-state index is 12.7. The molecule has 2 rings (SSSR count). The Labute approximate surface area is 181 Å². The van der Waals surface area contributed by atoms with Gasteiger partial charge in [0.25, 0.3) is 5.91 Å². The topological polar surface area (TPSA) is 59.1 Å². The Kier molecular flexibility index (Phi) is 8.16. The molecule has 1 atom stereocenters. The second-order valence-electron chi connectivity index (χ2n) is 9.63. The Morgan fingerprint density at radius 1 is 1.23 bits per heavy atom. The Balaban J connectivity index is 1.93. The Hall–Kier alpha value is -2.24. The summed E-state index contributed by atoms with van der Waals surface area (Å²) < 4.78 is 11.3. The van der Waals surface area contributed by atoms with Crippen LogP contribution in [-0.4, -0.2) is 59.7 Å². The summed E-state index contributed by atoms with van der Waals surface area (Å²) in [6.45, 7) is 15.6. The molecule has 1 aromatic rings. The number of rotatable bonds is 6. The lowest BCUT2D eigenvalue weighted by molar-refractivity contribution is -0.135. The zero-order valence-corrected chi connectivity index (χ0v) is 19.7. The summed E-state index contributed by atoms with van der Waals surface area (Å²) in [5, 5.41) is 0. The highest BCUT2D eigenvalue weighted by Gasteiger charge is 2.30. The van der Waals surface area contributed by atoms with Crippen molar-refractivity contribution in [3.05, 3.63) is 29.3 Å². The van der Waals surface area contributed by atoms with Crippen molar-refractivity contribution in [2.75, 3.05) is 26.2 Å². The predicted octanol–water partition coefficient (Wildman–Crippen LogP) is 4.57. The molecule has 0 aliphatic carbocycles. The highest BCUT2D eigenvalue weighted by molar-refractivity contribution is 5.78. The van der Waals surface area contributed by atoms with E-state index in [2.05, 4.69) is 0 Å².